The number of nitrogens with one attached hydrogen (secondary N) is 1. The van der Waals surface area contributed by atoms with Gasteiger partial charge in [-0.15, -0.1) is 11.3 Å². The molecule has 0 radical (unpaired) electrons. The highest BCUT2D eigenvalue weighted by atomic mass is 32.2. The van der Waals surface area contributed by atoms with E-state index in [1.54, 1.807) is 7.11 Å². The molecule has 0 fully saturated rings. The molecule has 0 saturated carbocycles. The van der Waals surface area contributed by atoms with Gasteiger partial charge in [-0.05, 0) is 44.0 Å². The van der Waals surface area contributed by atoms with E-state index in [0.29, 0.717) is 11.6 Å². The van der Waals surface area contributed by atoms with E-state index in [-0.39, 0.29) is 5.75 Å². The summed E-state index contributed by atoms with van der Waals surface area (Å²) in [6.45, 7) is 5.88. The quantitative estimate of drug-likeness (QED) is 0.817. The Morgan fingerprint density at radius 1 is 1.30 bits per heavy atom. The number of hydrogen-bond acceptors (Lipinski definition) is 5. The van der Waals surface area contributed by atoms with Crippen LogP contribution in [-0.4, -0.2) is 26.3 Å². The van der Waals surface area contributed by atoms with Crippen molar-refractivity contribution in [3.05, 3.63) is 28.6 Å². The van der Waals surface area contributed by atoms with Gasteiger partial charge in [-0.3, -0.25) is 4.72 Å². The highest BCUT2D eigenvalue weighted by molar-refractivity contribution is 7.92. The maximum absolute atomic E-state index is 12.0. The minimum Gasteiger partial charge on any atom is -0.496 e. The van der Waals surface area contributed by atoms with Crippen LogP contribution in [0.5, 0.6) is 5.75 Å². The zero-order valence-electron chi connectivity index (χ0n) is 13.8. The Kier molecular flexibility index (Phi) is 5.64. The maximum Gasteiger partial charge on any atom is 0.234 e. The lowest BCUT2D eigenvalue weighted by Gasteiger charge is -2.06. The Hall–Kier alpha value is -1.60. The molecule has 0 bridgehead atoms. The summed E-state index contributed by atoms with van der Waals surface area (Å²) < 4.78 is 31.8. The van der Waals surface area contributed by atoms with Gasteiger partial charge in [0.1, 0.15) is 5.75 Å². The van der Waals surface area contributed by atoms with Crippen molar-refractivity contribution >= 4 is 26.5 Å². The second kappa shape index (κ2) is 7.31. The Bertz CT molecular complexity index is 783. The van der Waals surface area contributed by atoms with Crippen LogP contribution in [0.3, 0.4) is 0 Å². The molecule has 1 N–H and O–H groups in total. The van der Waals surface area contributed by atoms with Crippen molar-refractivity contribution < 1.29 is 13.2 Å². The summed E-state index contributed by atoms with van der Waals surface area (Å²) in [4.78, 5) is 5.43. The number of hydrogen-bond donors (Lipinski definition) is 1. The van der Waals surface area contributed by atoms with Gasteiger partial charge in [-0.25, -0.2) is 13.4 Å². The maximum atomic E-state index is 12.0. The van der Waals surface area contributed by atoms with E-state index in [9.17, 15) is 8.42 Å². The standard InChI is InChI=1S/C16H22N2O3S2/c1-5-6-9-23(19,20)18-16-17-15(12(3)22-16)13-7-8-14(21-4)11(2)10-13/h7-8,10H,5-6,9H2,1-4H3,(H,17,18). The number of anilines is 1. The van der Waals surface area contributed by atoms with Gasteiger partial charge in [0.15, 0.2) is 5.13 Å². The molecule has 0 aliphatic carbocycles. The van der Waals surface area contributed by atoms with Crippen LogP contribution >= 0.6 is 11.3 Å². The molecule has 1 aromatic carbocycles. The zero-order chi connectivity index (χ0) is 17.0. The van der Waals surface area contributed by atoms with Crippen LogP contribution in [0.2, 0.25) is 0 Å². The van der Waals surface area contributed by atoms with Crippen molar-refractivity contribution in [2.24, 2.45) is 0 Å². The molecular formula is C16H22N2O3S2. The lowest BCUT2D eigenvalue weighted by molar-refractivity contribution is 0.412. The average molecular weight is 354 g/mol. The van der Waals surface area contributed by atoms with Gasteiger partial charge in [0.2, 0.25) is 10.0 Å². The van der Waals surface area contributed by atoms with Crippen LogP contribution < -0.4 is 9.46 Å². The fraction of sp³-hybridized carbons (Fsp3) is 0.438. The monoisotopic (exact) mass is 354 g/mol. The molecule has 23 heavy (non-hydrogen) atoms. The van der Waals surface area contributed by atoms with Crippen molar-refractivity contribution in [3.8, 4) is 17.0 Å². The van der Waals surface area contributed by atoms with Gasteiger partial charge in [0, 0.05) is 10.4 Å². The zero-order valence-corrected chi connectivity index (χ0v) is 15.5. The van der Waals surface area contributed by atoms with Crippen molar-refractivity contribution in [1.29, 1.82) is 0 Å². The lowest BCUT2D eigenvalue weighted by Crippen LogP contribution is -2.16. The number of methoxy groups -OCH3 is 1. The third-order valence-electron chi connectivity index (χ3n) is 3.47. The first-order chi connectivity index (χ1) is 10.9. The molecule has 7 heteroatoms. The van der Waals surface area contributed by atoms with Crippen LogP contribution in [0.4, 0.5) is 5.13 Å². The summed E-state index contributed by atoms with van der Waals surface area (Å²) in [5, 5.41) is 0.419. The second-order valence-electron chi connectivity index (χ2n) is 5.38. The average Bonchev–Trinajstić information content (AvgIpc) is 2.85. The Morgan fingerprint density at radius 2 is 2.04 bits per heavy atom. The van der Waals surface area contributed by atoms with E-state index < -0.39 is 10.0 Å². The first-order valence-corrected chi connectivity index (χ1v) is 9.96. The first-order valence-electron chi connectivity index (χ1n) is 7.49. The largest absolute Gasteiger partial charge is 0.496 e. The third-order valence-corrected chi connectivity index (χ3v) is 5.82. The highest BCUT2D eigenvalue weighted by Crippen LogP contribution is 2.33. The van der Waals surface area contributed by atoms with E-state index in [4.69, 9.17) is 4.74 Å². The second-order valence-corrected chi connectivity index (χ2v) is 8.43. The summed E-state index contributed by atoms with van der Waals surface area (Å²) in [6.07, 6.45) is 1.48. The third kappa shape index (κ3) is 4.45. The molecule has 0 amide bonds. The number of ether oxygens (including phenoxy) is 1. The van der Waals surface area contributed by atoms with Crippen molar-refractivity contribution in [2.45, 2.75) is 33.6 Å². The van der Waals surface area contributed by atoms with Gasteiger partial charge < -0.3 is 4.74 Å². The van der Waals surface area contributed by atoms with Gasteiger partial charge in [-0.1, -0.05) is 13.3 Å². The molecule has 2 rings (SSSR count). The van der Waals surface area contributed by atoms with E-state index in [2.05, 4.69) is 9.71 Å². The van der Waals surface area contributed by atoms with Crippen LogP contribution in [0.25, 0.3) is 11.3 Å². The summed E-state index contributed by atoms with van der Waals surface area (Å²) in [6, 6.07) is 5.83. The lowest BCUT2D eigenvalue weighted by atomic mass is 10.1. The topological polar surface area (TPSA) is 68.3 Å². The molecule has 5 nitrogen and oxygen atoms in total. The predicted molar refractivity (Wildman–Crippen MR) is 95.9 cm³/mol. The van der Waals surface area contributed by atoms with Crippen molar-refractivity contribution in [3.63, 3.8) is 0 Å². The number of thiazole rings is 1. The summed E-state index contributed by atoms with van der Waals surface area (Å²) in [5.74, 6) is 0.946. The van der Waals surface area contributed by atoms with E-state index in [1.165, 1.54) is 11.3 Å². The molecule has 0 aliphatic heterocycles. The van der Waals surface area contributed by atoms with Crippen LogP contribution in [-0.2, 0) is 10.0 Å². The molecule has 1 heterocycles. The van der Waals surface area contributed by atoms with Crippen molar-refractivity contribution in [2.75, 3.05) is 17.6 Å². The first kappa shape index (κ1) is 17.7. The Balaban J connectivity index is 2.26. The normalized spacial score (nSPS) is 11.5. The number of aryl methyl sites for hydroxylation is 2. The summed E-state index contributed by atoms with van der Waals surface area (Å²) in [7, 11) is -1.69. The molecule has 2 aromatic rings. The van der Waals surface area contributed by atoms with Crippen LogP contribution in [0.1, 0.15) is 30.2 Å². The summed E-state index contributed by atoms with van der Waals surface area (Å²) >= 11 is 1.35. The number of benzene rings is 1. The van der Waals surface area contributed by atoms with Crippen LogP contribution in [0, 0.1) is 13.8 Å². The summed E-state index contributed by atoms with van der Waals surface area (Å²) in [5.41, 5.74) is 2.77. The fourth-order valence-corrected chi connectivity index (χ4v) is 4.57. The number of aromatic nitrogens is 1. The molecule has 0 saturated heterocycles. The minimum atomic E-state index is -3.32. The number of rotatable bonds is 7. The number of sulfonamides is 1. The van der Waals surface area contributed by atoms with E-state index >= 15 is 0 Å². The molecule has 126 valence electrons. The van der Waals surface area contributed by atoms with Gasteiger partial charge in [0.25, 0.3) is 0 Å². The molecular weight excluding hydrogens is 332 g/mol. The fourth-order valence-electron chi connectivity index (χ4n) is 2.25. The molecule has 0 aliphatic rings. The predicted octanol–water partition coefficient (Wildman–Crippen LogP) is 3.98. The van der Waals surface area contributed by atoms with Gasteiger partial charge in [-0.2, -0.15) is 0 Å². The molecule has 0 atom stereocenters. The Morgan fingerprint density at radius 3 is 2.65 bits per heavy atom. The SMILES string of the molecule is CCCCS(=O)(=O)Nc1nc(-c2ccc(OC)c(C)c2)c(C)s1. The smallest absolute Gasteiger partial charge is 0.234 e. The highest BCUT2D eigenvalue weighted by Gasteiger charge is 2.16. The van der Waals surface area contributed by atoms with Gasteiger partial charge in [0.05, 0.1) is 18.6 Å². The minimum absolute atomic E-state index is 0.124. The molecule has 0 unspecified atom stereocenters. The van der Waals surface area contributed by atoms with E-state index in [1.807, 2.05) is 39.0 Å². The van der Waals surface area contributed by atoms with Crippen molar-refractivity contribution in [1.82, 2.24) is 4.98 Å². The van der Waals surface area contributed by atoms with E-state index in [0.717, 1.165) is 33.9 Å². The molecule has 1 aromatic heterocycles. The van der Waals surface area contributed by atoms with Crippen LogP contribution in [0.15, 0.2) is 18.2 Å². The number of unbranched alkanes of at least 4 members (excludes halogenated alkanes) is 1. The number of nitrogens with zero attached hydrogens (tertiary/aromatic N) is 1. The molecule has 0 spiro atoms. The van der Waals surface area contributed by atoms with Gasteiger partial charge >= 0.3 is 0 Å². The Labute approximate surface area is 141 Å².